The van der Waals surface area contributed by atoms with E-state index in [-0.39, 0.29) is 5.91 Å². The minimum absolute atomic E-state index is 0.170. The molecule has 18 heavy (non-hydrogen) atoms. The summed E-state index contributed by atoms with van der Waals surface area (Å²) in [5, 5.41) is 4.06. The van der Waals surface area contributed by atoms with E-state index in [0.717, 1.165) is 32.7 Å². The highest BCUT2D eigenvalue weighted by Crippen LogP contribution is 2.04. The van der Waals surface area contributed by atoms with Crippen LogP contribution in [0, 0.1) is 0 Å². The van der Waals surface area contributed by atoms with Gasteiger partial charge in [-0.15, -0.1) is 0 Å². The highest BCUT2D eigenvalue weighted by Gasteiger charge is 2.20. The van der Waals surface area contributed by atoms with E-state index in [1.165, 1.54) is 5.75 Å². The maximum Gasteiger partial charge on any atom is 0.244 e. The number of carbonyl (C=O) groups is 1. The predicted molar refractivity (Wildman–Crippen MR) is 73.6 cm³/mol. The largest absolute Gasteiger partial charge is 0.339 e. The molecular weight excluding hydrogens is 248 g/mol. The Morgan fingerprint density at radius 3 is 2.72 bits per heavy atom. The SMILES string of the molecule is CSCCN1CCN(C(=O)Cn2cccn2)CC1. The van der Waals surface area contributed by atoms with Crippen LogP contribution in [-0.2, 0) is 11.3 Å². The van der Waals surface area contributed by atoms with Crippen molar-refractivity contribution in [1.29, 1.82) is 0 Å². The fourth-order valence-electron chi connectivity index (χ4n) is 2.07. The zero-order valence-corrected chi connectivity index (χ0v) is 11.6. The number of aromatic nitrogens is 2. The minimum Gasteiger partial charge on any atom is -0.339 e. The van der Waals surface area contributed by atoms with Crippen molar-refractivity contribution < 1.29 is 4.79 Å². The summed E-state index contributed by atoms with van der Waals surface area (Å²) in [7, 11) is 0. The second-order valence-electron chi connectivity index (χ2n) is 4.42. The Balaban J connectivity index is 1.73. The van der Waals surface area contributed by atoms with Gasteiger partial charge in [0.1, 0.15) is 6.54 Å². The van der Waals surface area contributed by atoms with Crippen molar-refractivity contribution in [3.05, 3.63) is 18.5 Å². The predicted octanol–water partition coefficient (Wildman–Crippen LogP) is 0.390. The zero-order chi connectivity index (χ0) is 12.8. The van der Waals surface area contributed by atoms with Crippen LogP contribution in [0.15, 0.2) is 18.5 Å². The molecule has 0 spiro atoms. The van der Waals surface area contributed by atoms with Gasteiger partial charge in [0.2, 0.25) is 5.91 Å². The third-order valence-electron chi connectivity index (χ3n) is 3.19. The fourth-order valence-corrected chi connectivity index (χ4v) is 2.51. The Morgan fingerprint density at radius 1 is 1.33 bits per heavy atom. The Bertz CT molecular complexity index is 360. The van der Waals surface area contributed by atoms with Crippen LogP contribution in [-0.4, -0.2) is 70.2 Å². The van der Waals surface area contributed by atoms with E-state index < -0.39 is 0 Å². The van der Waals surface area contributed by atoms with E-state index in [1.54, 1.807) is 10.9 Å². The van der Waals surface area contributed by atoms with Gasteiger partial charge in [0, 0.05) is 50.9 Å². The monoisotopic (exact) mass is 268 g/mol. The topological polar surface area (TPSA) is 41.4 Å². The molecule has 1 amide bonds. The van der Waals surface area contributed by atoms with Gasteiger partial charge in [-0.3, -0.25) is 14.4 Å². The highest BCUT2D eigenvalue weighted by molar-refractivity contribution is 7.98. The van der Waals surface area contributed by atoms with Crippen molar-refractivity contribution in [2.24, 2.45) is 0 Å². The number of carbonyl (C=O) groups excluding carboxylic acids is 1. The Morgan fingerprint density at radius 2 is 2.11 bits per heavy atom. The van der Waals surface area contributed by atoms with Crippen LogP contribution >= 0.6 is 11.8 Å². The molecule has 0 atom stereocenters. The number of rotatable bonds is 5. The molecule has 1 aliphatic rings. The highest BCUT2D eigenvalue weighted by atomic mass is 32.2. The van der Waals surface area contributed by atoms with Crippen molar-refractivity contribution >= 4 is 17.7 Å². The first-order chi connectivity index (χ1) is 8.79. The molecule has 2 rings (SSSR count). The van der Waals surface area contributed by atoms with Crippen molar-refractivity contribution in [1.82, 2.24) is 19.6 Å². The van der Waals surface area contributed by atoms with Gasteiger partial charge in [-0.2, -0.15) is 16.9 Å². The summed E-state index contributed by atoms with van der Waals surface area (Å²) in [5.74, 6) is 1.34. The second-order valence-corrected chi connectivity index (χ2v) is 5.40. The normalized spacial score (nSPS) is 17.1. The molecule has 1 aliphatic heterocycles. The van der Waals surface area contributed by atoms with Gasteiger partial charge in [0.25, 0.3) is 0 Å². The number of piperazine rings is 1. The fraction of sp³-hybridized carbons (Fsp3) is 0.667. The van der Waals surface area contributed by atoms with Crippen molar-refractivity contribution in [2.75, 3.05) is 44.7 Å². The molecule has 1 aromatic rings. The molecular formula is C12H20N4OS. The number of thioether (sulfide) groups is 1. The lowest BCUT2D eigenvalue weighted by Crippen LogP contribution is -2.50. The van der Waals surface area contributed by atoms with Gasteiger partial charge in [-0.25, -0.2) is 0 Å². The first-order valence-electron chi connectivity index (χ1n) is 6.26. The summed E-state index contributed by atoms with van der Waals surface area (Å²) < 4.78 is 1.68. The number of hydrogen-bond acceptors (Lipinski definition) is 4. The third-order valence-corrected chi connectivity index (χ3v) is 3.78. The molecule has 0 aromatic carbocycles. The van der Waals surface area contributed by atoms with Crippen LogP contribution in [0.3, 0.4) is 0 Å². The molecule has 0 aliphatic carbocycles. The second kappa shape index (κ2) is 6.80. The first kappa shape index (κ1) is 13.4. The molecule has 0 unspecified atom stereocenters. The average Bonchev–Trinajstić information content (AvgIpc) is 2.89. The van der Waals surface area contributed by atoms with E-state index in [9.17, 15) is 4.79 Å². The van der Waals surface area contributed by atoms with Crippen molar-refractivity contribution in [3.8, 4) is 0 Å². The first-order valence-corrected chi connectivity index (χ1v) is 7.65. The molecule has 1 fully saturated rings. The molecule has 1 saturated heterocycles. The van der Waals surface area contributed by atoms with Crippen LogP contribution in [0.1, 0.15) is 0 Å². The summed E-state index contributed by atoms with van der Waals surface area (Å²) in [6.45, 7) is 5.15. The van der Waals surface area contributed by atoms with E-state index in [0.29, 0.717) is 6.54 Å². The zero-order valence-electron chi connectivity index (χ0n) is 10.8. The summed E-state index contributed by atoms with van der Waals surface area (Å²) in [5.41, 5.74) is 0. The number of hydrogen-bond donors (Lipinski definition) is 0. The molecule has 0 N–H and O–H groups in total. The van der Waals surface area contributed by atoms with Gasteiger partial charge >= 0.3 is 0 Å². The van der Waals surface area contributed by atoms with Gasteiger partial charge < -0.3 is 4.90 Å². The molecule has 1 aromatic heterocycles. The molecule has 6 heteroatoms. The van der Waals surface area contributed by atoms with E-state index in [1.807, 2.05) is 28.9 Å². The molecule has 5 nitrogen and oxygen atoms in total. The summed E-state index contributed by atoms with van der Waals surface area (Å²) in [6.07, 6.45) is 5.66. The standard InChI is InChI=1S/C12H20N4OS/c1-18-10-9-14-5-7-15(8-6-14)12(17)11-16-4-2-3-13-16/h2-4H,5-11H2,1H3. The van der Waals surface area contributed by atoms with Crippen LogP contribution < -0.4 is 0 Å². The molecule has 2 heterocycles. The van der Waals surface area contributed by atoms with Gasteiger partial charge in [-0.05, 0) is 12.3 Å². The van der Waals surface area contributed by atoms with Crippen LogP contribution in [0.4, 0.5) is 0 Å². The van der Waals surface area contributed by atoms with Crippen LogP contribution in [0.5, 0.6) is 0 Å². The number of nitrogens with zero attached hydrogens (tertiary/aromatic N) is 4. The summed E-state index contributed by atoms with van der Waals surface area (Å²) in [6, 6.07) is 1.84. The van der Waals surface area contributed by atoms with E-state index in [2.05, 4.69) is 16.3 Å². The van der Waals surface area contributed by atoms with Crippen molar-refractivity contribution in [2.45, 2.75) is 6.54 Å². The molecule has 0 saturated carbocycles. The number of amides is 1. The maximum absolute atomic E-state index is 12.0. The lowest BCUT2D eigenvalue weighted by atomic mass is 10.3. The van der Waals surface area contributed by atoms with Gasteiger partial charge in [-0.1, -0.05) is 0 Å². The van der Waals surface area contributed by atoms with Crippen molar-refractivity contribution in [3.63, 3.8) is 0 Å². The van der Waals surface area contributed by atoms with Crippen LogP contribution in [0.25, 0.3) is 0 Å². The summed E-state index contributed by atoms with van der Waals surface area (Å²) in [4.78, 5) is 16.4. The van der Waals surface area contributed by atoms with Gasteiger partial charge in [0.15, 0.2) is 0 Å². The van der Waals surface area contributed by atoms with E-state index >= 15 is 0 Å². The smallest absolute Gasteiger partial charge is 0.244 e. The minimum atomic E-state index is 0.170. The molecule has 100 valence electrons. The lowest BCUT2D eigenvalue weighted by molar-refractivity contribution is -0.133. The van der Waals surface area contributed by atoms with Crippen LogP contribution in [0.2, 0.25) is 0 Å². The maximum atomic E-state index is 12.0. The third kappa shape index (κ3) is 3.74. The lowest BCUT2D eigenvalue weighted by Gasteiger charge is -2.34. The quantitative estimate of drug-likeness (QED) is 0.775. The molecule has 0 radical (unpaired) electrons. The van der Waals surface area contributed by atoms with Gasteiger partial charge in [0.05, 0.1) is 0 Å². The molecule has 0 bridgehead atoms. The van der Waals surface area contributed by atoms with E-state index in [4.69, 9.17) is 0 Å². The Kier molecular flexibility index (Phi) is 5.07. The Labute approximate surface area is 112 Å². The average molecular weight is 268 g/mol. The summed E-state index contributed by atoms with van der Waals surface area (Å²) >= 11 is 1.87. The Hall–Kier alpha value is -1.01.